The van der Waals surface area contributed by atoms with Crippen LogP contribution in [0, 0.1) is 0 Å². The van der Waals surface area contributed by atoms with Crippen molar-refractivity contribution in [3.05, 3.63) is 46.2 Å². The quantitative estimate of drug-likeness (QED) is 0.780. The molecule has 2 aromatic rings. The Morgan fingerprint density at radius 3 is 2.35 bits per heavy atom. The molecule has 0 fully saturated rings. The van der Waals surface area contributed by atoms with Gasteiger partial charge in [0.1, 0.15) is 16.4 Å². The van der Waals surface area contributed by atoms with E-state index in [0.29, 0.717) is 16.2 Å². The van der Waals surface area contributed by atoms with Gasteiger partial charge in [0, 0.05) is 5.56 Å². The lowest BCUT2D eigenvalue weighted by molar-refractivity contribution is 0.104. The molecule has 4 heteroatoms. The molecule has 0 bridgehead atoms. The summed E-state index contributed by atoms with van der Waals surface area (Å²) in [4.78, 5) is 12.8. The molecule has 0 aliphatic rings. The smallest absolute Gasteiger partial charge is 0.206 e. The van der Waals surface area contributed by atoms with Crippen molar-refractivity contribution in [1.82, 2.24) is 0 Å². The van der Waals surface area contributed by atoms with Crippen molar-refractivity contribution in [1.29, 1.82) is 0 Å². The molecule has 1 aromatic heterocycles. The maximum absolute atomic E-state index is 12.2. The molecule has 0 atom stereocenters. The van der Waals surface area contributed by atoms with Crippen LogP contribution in [0.2, 0.25) is 0 Å². The molecule has 0 saturated heterocycles. The number of ether oxygens (including phenoxy) is 2. The van der Waals surface area contributed by atoms with E-state index in [-0.39, 0.29) is 5.78 Å². The fourth-order valence-electron chi connectivity index (χ4n) is 1.50. The molecular weight excluding hydrogens is 236 g/mol. The summed E-state index contributed by atoms with van der Waals surface area (Å²) in [5.74, 6) is 1.33. The first kappa shape index (κ1) is 11.7. The maximum Gasteiger partial charge on any atom is 0.206 e. The van der Waals surface area contributed by atoms with Crippen molar-refractivity contribution >= 4 is 17.1 Å². The average Bonchev–Trinajstić information content (AvgIpc) is 2.86. The second-order valence-electron chi connectivity index (χ2n) is 3.38. The van der Waals surface area contributed by atoms with Gasteiger partial charge in [0.2, 0.25) is 5.78 Å². The van der Waals surface area contributed by atoms with Crippen molar-refractivity contribution < 1.29 is 14.3 Å². The van der Waals surface area contributed by atoms with E-state index < -0.39 is 0 Å². The Hall–Kier alpha value is -1.81. The van der Waals surface area contributed by atoms with Crippen LogP contribution in [0.3, 0.4) is 0 Å². The molecule has 0 saturated carbocycles. The van der Waals surface area contributed by atoms with Crippen molar-refractivity contribution in [2.24, 2.45) is 0 Å². The number of rotatable bonds is 4. The van der Waals surface area contributed by atoms with E-state index in [2.05, 4.69) is 0 Å². The van der Waals surface area contributed by atoms with E-state index in [1.807, 2.05) is 5.38 Å². The second-order valence-corrected chi connectivity index (χ2v) is 4.29. The molecule has 0 spiro atoms. The Labute approximate surface area is 104 Å². The third-order valence-electron chi connectivity index (χ3n) is 2.41. The molecular formula is C13H12O3S. The van der Waals surface area contributed by atoms with Crippen LogP contribution in [0.15, 0.2) is 35.7 Å². The minimum atomic E-state index is -0.0282. The first-order valence-corrected chi connectivity index (χ1v) is 5.94. The molecule has 3 nitrogen and oxygen atoms in total. The van der Waals surface area contributed by atoms with Crippen LogP contribution in [0.25, 0.3) is 0 Å². The topological polar surface area (TPSA) is 35.5 Å². The molecule has 0 radical (unpaired) electrons. The van der Waals surface area contributed by atoms with Gasteiger partial charge in [-0.15, -0.1) is 11.3 Å². The van der Waals surface area contributed by atoms with Gasteiger partial charge < -0.3 is 9.47 Å². The van der Waals surface area contributed by atoms with E-state index >= 15 is 0 Å². The Morgan fingerprint density at radius 2 is 1.76 bits per heavy atom. The van der Waals surface area contributed by atoms with Crippen LogP contribution in [0.1, 0.15) is 15.2 Å². The van der Waals surface area contributed by atoms with E-state index in [0.717, 1.165) is 5.75 Å². The van der Waals surface area contributed by atoms with Gasteiger partial charge >= 0.3 is 0 Å². The summed E-state index contributed by atoms with van der Waals surface area (Å²) in [5.41, 5.74) is 0.631. The Balaban J connectivity index is 2.30. The molecule has 1 aromatic carbocycles. The minimum Gasteiger partial charge on any atom is -0.497 e. The number of benzene rings is 1. The van der Waals surface area contributed by atoms with Gasteiger partial charge in [-0.1, -0.05) is 0 Å². The fraction of sp³-hybridized carbons (Fsp3) is 0.154. The number of hydrogen-bond donors (Lipinski definition) is 0. The number of carbonyl (C=O) groups is 1. The first-order chi connectivity index (χ1) is 8.26. The zero-order valence-electron chi connectivity index (χ0n) is 9.60. The van der Waals surface area contributed by atoms with Crippen LogP contribution in [-0.2, 0) is 0 Å². The first-order valence-electron chi connectivity index (χ1n) is 5.06. The number of methoxy groups -OCH3 is 2. The van der Waals surface area contributed by atoms with Crippen LogP contribution in [0.4, 0.5) is 0 Å². The van der Waals surface area contributed by atoms with Crippen LogP contribution in [0.5, 0.6) is 11.5 Å². The molecule has 0 amide bonds. The highest BCUT2D eigenvalue weighted by Crippen LogP contribution is 2.27. The summed E-state index contributed by atoms with van der Waals surface area (Å²) in [5, 5.41) is 1.84. The highest BCUT2D eigenvalue weighted by atomic mass is 32.1. The Morgan fingerprint density at radius 1 is 1.06 bits per heavy atom. The summed E-state index contributed by atoms with van der Waals surface area (Å²) in [6.45, 7) is 0. The monoisotopic (exact) mass is 248 g/mol. The molecule has 0 unspecified atom stereocenters. The molecule has 1 heterocycles. The third-order valence-corrected chi connectivity index (χ3v) is 3.30. The molecule has 17 heavy (non-hydrogen) atoms. The summed E-state index contributed by atoms with van der Waals surface area (Å²) >= 11 is 1.38. The van der Waals surface area contributed by atoms with Crippen molar-refractivity contribution in [3.63, 3.8) is 0 Å². The standard InChI is InChI=1S/C13H12O3S/c1-15-10-5-3-9(4-6-10)12(14)13-11(16-2)7-8-17-13/h3-8H,1-2H3. The van der Waals surface area contributed by atoms with E-state index in [1.54, 1.807) is 44.6 Å². The lowest BCUT2D eigenvalue weighted by Crippen LogP contribution is -2.00. The number of carbonyl (C=O) groups excluding carboxylic acids is 1. The fourth-order valence-corrected chi connectivity index (χ4v) is 2.32. The Kier molecular flexibility index (Phi) is 3.44. The maximum atomic E-state index is 12.2. The lowest BCUT2D eigenvalue weighted by Gasteiger charge is -2.03. The summed E-state index contributed by atoms with van der Waals surface area (Å²) in [7, 11) is 3.16. The highest BCUT2D eigenvalue weighted by Gasteiger charge is 2.15. The largest absolute Gasteiger partial charge is 0.497 e. The van der Waals surface area contributed by atoms with Gasteiger partial charge in [-0.05, 0) is 35.7 Å². The van der Waals surface area contributed by atoms with Crippen molar-refractivity contribution in [2.45, 2.75) is 0 Å². The molecule has 0 aliphatic carbocycles. The van der Waals surface area contributed by atoms with Crippen molar-refractivity contribution in [2.75, 3.05) is 14.2 Å². The van der Waals surface area contributed by atoms with Crippen LogP contribution < -0.4 is 9.47 Å². The Bertz CT molecular complexity index is 514. The lowest BCUT2D eigenvalue weighted by atomic mass is 10.1. The van der Waals surface area contributed by atoms with Gasteiger partial charge in [0.25, 0.3) is 0 Å². The predicted molar refractivity (Wildman–Crippen MR) is 67.3 cm³/mol. The minimum absolute atomic E-state index is 0.0282. The van der Waals surface area contributed by atoms with Crippen LogP contribution >= 0.6 is 11.3 Å². The third kappa shape index (κ3) is 2.31. The second kappa shape index (κ2) is 5.01. The number of hydrogen-bond acceptors (Lipinski definition) is 4. The van der Waals surface area contributed by atoms with Gasteiger partial charge in [-0.25, -0.2) is 0 Å². The summed E-state index contributed by atoms with van der Waals surface area (Å²) in [6, 6.07) is 8.84. The van der Waals surface area contributed by atoms with Crippen LogP contribution in [-0.4, -0.2) is 20.0 Å². The average molecular weight is 248 g/mol. The summed E-state index contributed by atoms with van der Waals surface area (Å²) in [6.07, 6.45) is 0. The van der Waals surface area contributed by atoms with Gasteiger partial charge in [0.05, 0.1) is 14.2 Å². The van der Waals surface area contributed by atoms with E-state index in [1.165, 1.54) is 11.3 Å². The molecule has 2 rings (SSSR count). The summed E-state index contributed by atoms with van der Waals surface area (Å²) < 4.78 is 10.2. The number of thiophene rings is 1. The zero-order chi connectivity index (χ0) is 12.3. The van der Waals surface area contributed by atoms with Crippen molar-refractivity contribution in [3.8, 4) is 11.5 Å². The predicted octanol–water partition coefficient (Wildman–Crippen LogP) is 3.00. The van der Waals surface area contributed by atoms with E-state index in [9.17, 15) is 4.79 Å². The number of ketones is 1. The molecule has 0 N–H and O–H groups in total. The van der Waals surface area contributed by atoms with Gasteiger partial charge in [-0.3, -0.25) is 4.79 Å². The SMILES string of the molecule is COc1ccc(C(=O)c2sccc2OC)cc1. The van der Waals surface area contributed by atoms with Gasteiger partial charge in [-0.2, -0.15) is 0 Å². The van der Waals surface area contributed by atoms with Gasteiger partial charge in [0.15, 0.2) is 0 Å². The molecule has 0 aliphatic heterocycles. The normalized spacial score (nSPS) is 10.0. The molecule has 88 valence electrons. The zero-order valence-corrected chi connectivity index (χ0v) is 10.4. The highest BCUT2D eigenvalue weighted by molar-refractivity contribution is 7.12. The van der Waals surface area contributed by atoms with E-state index in [4.69, 9.17) is 9.47 Å².